The van der Waals surface area contributed by atoms with E-state index in [9.17, 15) is 5.26 Å². The maximum absolute atomic E-state index is 9.54. The predicted octanol–water partition coefficient (Wildman–Crippen LogP) is 3.00. The monoisotopic (exact) mass is 287 g/mol. The van der Waals surface area contributed by atoms with Crippen molar-refractivity contribution in [3.05, 3.63) is 23.8 Å². The van der Waals surface area contributed by atoms with Gasteiger partial charge >= 0.3 is 0 Å². The topological polar surface area (TPSA) is 39.1 Å². The first kappa shape index (κ1) is 13.8. The molecule has 0 bridgehead atoms. The van der Waals surface area contributed by atoms with Crippen molar-refractivity contribution in [2.24, 2.45) is 0 Å². The van der Waals surface area contributed by atoms with E-state index in [2.05, 4.69) is 28.4 Å². The standard InChI is InChI=1S/C16H21N3S/c1-20-16-8-2-6-14(12(16)11-17)19-10-4-7-15(19)13-5-3-9-18-13/h2,6,8,13,15,18H,3-5,7,9-10H2,1H3. The first-order valence-corrected chi connectivity index (χ1v) is 8.64. The third-order valence-electron chi connectivity index (χ3n) is 4.51. The third kappa shape index (κ3) is 2.41. The van der Waals surface area contributed by atoms with Crippen LogP contribution in [0.5, 0.6) is 0 Å². The Labute approximate surface area is 125 Å². The second-order valence-corrected chi connectivity index (χ2v) is 6.42. The van der Waals surface area contributed by atoms with Crippen LogP contribution in [0.4, 0.5) is 5.69 Å². The van der Waals surface area contributed by atoms with Gasteiger partial charge < -0.3 is 10.2 Å². The summed E-state index contributed by atoms with van der Waals surface area (Å²) in [5, 5.41) is 13.2. The van der Waals surface area contributed by atoms with Crippen LogP contribution in [0.1, 0.15) is 31.2 Å². The molecule has 4 heteroatoms. The van der Waals surface area contributed by atoms with Crippen molar-refractivity contribution in [1.29, 1.82) is 5.26 Å². The number of hydrogen-bond acceptors (Lipinski definition) is 4. The summed E-state index contributed by atoms with van der Waals surface area (Å²) in [5.41, 5.74) is 1.99. The SMILES string of the molecule is CSc1cccc(N2CCCC2C2CCCN2)c1C#N. The lowest BCUT2D eigenvalue weighted by molar-refractivity contribution is 0.482. The van der Waals surface area contributed by atoms with Crippen molar-refractivity contribution in [1.82, 2.24) is 5.32 Å². The second-order valence-electron chi connectivity index (χ2n) is 5.57. The Balaban J connectivity index is 1.93. The van der Waals surface area contributed by atoms with Crippen LogP contribution in [-0.4, -0.2) is 31.4 Å². The molecular weight excluding hydrogens is 266 g/mol. The van der Waals surface area contributed by atoms with Crippen molar-refractivity contribution in [2.75, 3.05) is 24.2 Å². The Hall–Kier alpha value is -1.18. The minimum Gasteiger partial charge on any atom is -0.366 e. The van der Waals surface area contributed by atoms with Gasteiger partial charge in [0.25, 0.3) is 0 Å². The molecule has 0 aromatic heterocycles. The molecule has 106 valence electrons. The Morgan fingerprint density at radius 2 is 2.25 bits per heavy atom. The van der Waals surface area contributed by atoms with Gasteiger partial charge in [-0.05, 0) is 50.6 Å². The molecule has 0 radical (unpaired) electrons. The Kier molecular flexibility index (Phi) is 4.18. The first-order chi connectivity index (χ1) is 9.85. The quantitative estimate of drug-likeness (QED) is 0.868. The number of rotatable bonds is 3. The van der Waals surface area contributed by atoms with Crippen molar-refractivity contribution in [3.63, 3.8) is 0 Å². The number of thioether (sulfide) groups is 1. The van der Waals surface area contributed by atoms with Gasteiger partial charge in [0.2, 0.25) is 0 Å². The highest BCUT2D eigenvalue weighted by Crippen LogP contribution is 2.35. The molecule has 1 aromatic carbocycles. The van der Waals surface area contributed by atoms with Crippen LogP contribution in [0.2, 0.25) is 0 Å². The molecule has 2 heterocycles. The largest absolute Gasteiger partial charge is 0.366 e. The predicted molar refractivity (Wildman–Crippen MR) is 84.3 cm³/mol. The molecule has 2 saturated heterocycles. The second kappa shape index (κ2) is 6.07. The van der Waals surface area contributed by atoms with Crippen LogP contribution in [0.25, 0.3) is 0 Å². The summed E-state index contributed by atoms with van der Waals surface area (Å²) in [5.74, 6) is 0. The van der Waals surface area contributed by atoms with Gasteiger partial charge in [-0.25, -0.2) is 0 Å². The summed E-state index contributed by atoms with van der Waals surface area (Å²) in [4.78, 5) is 3.57. The maximum Gasteiger partial charge on any atom is 0.103 e. The van der Waals surface area contributed by atoms with Gasteiger partial charge in [-0.1, -0.05) is 6.07 Å². The number of nitriles is 1. The smallest absolute Gasteiger partial charge is 0.103 e. The fourth-order valence-electron chi connectivity index (χ4n) is 3.59. The normalized spacial score (nSPS) is 25.9. The molecule has 0 amide bonds. The Morgan fingerprint density at radius 3 is 2.95 bits per heavy atom. The molecule has 1 N–H and O–H groups in total. The van der Waals surface area contributed by atoms with E-state index < -0.39 is 0 Å². The highest BCUT2D eigenvalue weighted by molar-refractivity contribution is 7.98. The van der Waals surface area contributed by atoms with Crippen LogP contribution in [0.15, 0.2) is 23.1 Å². The number of hydrogen-bond donors (Lipinski definition) is 1. The van der Waals surface area contributed by atoms with E-state index in [1.807, 2.05) is 12.3 Å². The maximum atomic E-state index is 9.54. The summed E-state index contributed by atoms with van der Waals surface area (Å²) in [6.07, 6.45) is 7.07. The van der Waals surface area contributed by atoms with Crippen LogP contribution >= 0.6 is 11.8 Å². The lowest BCUT2D eigenvalue weighted by Gasteiger charge is -2.32. The van der Waals surface area contributed by atoms with Gasteiger partial charge in [-0.15, -0.1) is 11.8 Å². The van der Waals surface area contributed by atoms with Crippen molar-refractivity contribution >= 4 is 17.4 Å². The Morgan fingerprint density at radius 1 is 1.35 bits per heavy atom. The van der Waals surface area contributed by atoms with E-state index in [0.29, 0.717) is 12.1 Å². The third-order valence-corrected chi connectivity index (χ3v) is 5.29. The Bertz CT molecular complexity index is 517. The number of anilines is 1. The van der Waals surface area contributed by atoms with Crippen molar-refractivity contribution in [2.45, 2.75) is 42.7 Å². The van der Waals surface area contributed by atoms with Crippen LogP contribution in [-0.2, 0) is 0 Å². The lowest BCUT2D eigenvalue weighted by Crippen LogP contribution is -2.44. The average molecular weight is 287 g/mol. The molecule has 1 aromatic rings. The minimum absolute atomic E-state index is 0.557. The molecule has 2 fully saturated rings. The summed E-state index contributed by atoms with van der Waals surface area (Å²) in [6, 6.07) is 9.82. The van der Waals surface area contributed by atoms with Crippen LogP contribution < -0.4 is 10.2 Å². The highest BCUT2D eigenvalue weighted by Gasteiger charge is 2.34. The molecule has 2 unspecified atom stereocenters. The molecule has 2 atom stereocenters. The van der Waals surface area contributed by atoms with E-state index in [4.69, 9.17) is 0 Å². The minimum atomic E-state index is 0.557. The van der Waals surface area contributed by atoms with E-state index in [1.54, 1.807) is 11.8 Å². The fraction of sp³-hybridized carbons (Fsp3) is 0.562. The molecule has 20 heavy (non-hydrogen) atoms. The fourth-order valence-corrected chi connectivity index (χ4v) is 4.16. The van der Waals surface area contributed by atoms with Crippen LogP contribution in [0, 0.1) is 11.3 Å². The summed E-state index contributed by atoms with van der Waals surface area (Å²) in [7, 11) is 0. The molecule has 3 rings (SSSR count). The van der Waals surface area contributed by atoms with Gasteiger partial charge in [-0.2, -0.15) is 5.26 Å². The molecule has 0 saturated carbocycles. The highest BCUT2D eigenvalue weighted by atomic mass is 32.2. The van der Waals surface area contributed by atoms with Crippen LogP contribution in [0.3, 0.4) is 0 Å². The summed E-state index contributed by atoms with van der Waals surface area (Å²) < 4.78 is 0. The average Bonchev–Trinajstić information content (AvgIpc) is 3.16. The number of benzene rings is 1. The van der Waals surface area contributed by atoms with Gasteiger partial charge in [0.1, 0.15) is 6.07 Å². The van der Waals surface area contributed by atoms with Gasteiger partial charge in [-0.3, -0.25) is 0 Å². The van der Waals surface area contributed by atoms with Crippen molar-refractivity contribution < 1.29 is 0 Å². The van der Waals surface area contributed by atoms with Gasteiger partial charge in [0.05, 0.1) is 11.3 Å². The molecule has 2 aliphatic heterocycles. The zero-order chi connectivity index (χ0) is 13.9. The molecule has 0 aliphatic carbocycles. The number of nitrogens with one attached hydrogen (secondary N) is 1. The first-order valence-electron chi connectivity index (χ1n) is 7.42. The van der Waals surface area contributed by atoms with E-state index in [0.717, 1.165) is 29.2 Å². The van der Waals surface area contributed by atoms with E-state index >= 15 is 0 Å². The summed E-state index contributed by atoms with van der Waals surface area (Å²) in [6.45, 7) is 2.22. The zero-order valence-corrected chi connectivity index (χ0v) is 12.7. The van der Waals surface area contributed by atoms with Gasteiger partial charge in [0.15, 0.2) is 0 Å². The summed E-state index contributed by atoms with van der Waals surface area (Å²) >= 11 is 1.66. The van der Waals surface area contributed by atoms with E-state index in [1.165, 1.54) is 25.7 Å². The molecule has 3 nitrogen and oxygen atoms in total. The van der Waals surface area contributed by atoms with Gasteiger partial charge in [0, 0.05) is 23.5 Å². The lowest BCUT2D eigenvalue weighted by atomic mass is 10.0. The van der Waals surface area contributed by atoms with E-state index in [-0.39, 0.29) is 0 Å². The molecule has 0 spiro atoms. The number of nitrogens with zero attached hydrogens (tertiary/aromatic N) is 2. The van der Waals surface area contributed by atoms with Crippen molar-refractivity contribution in [3.8, 4) is 6.07 Å². The molecular formula is C16H21N3S. The zero-order valence-electron chi connectivity index (χ0n) is 11.9. The molecule has 2 aliphatic rings.